The molecule has 172 valence electrons. The fraction of sp³-hybridized carbons (Fsp3) is 0.609. The topological polar surface area (TPSA) is 110 Å². The lowest BCUT2D eigenvalue weighted by Gasteiger charge is -2.23. The number of aliphatic hydroxyl groups is 1. The monoisotopic (exact) mass is 432 g/mol. The summed E-state index contributed by atoms with van der Waals surface area (Å²) in [5.41, 5.74) is 1.11. The number of amides is 1. The van der Waals surface area contributed by atoms with Gasteiger partial charge in [-0.3, -0.25) is 4.79 Å². The Hall–Kier alpha value is -2.45. The molecule has 1 heterocycles. The van der Waals surface area contributed by atoms with Crippen LogP contribution in [0.1, 0.15) is 66.2 Å². The second kappa shape index (κ2) is 12.4. The molecule has 0 fully saturated rings. The van der Waals surface area contributed by atoms with Gasteiger partial charge in [0.25, 0.3) is 5.89 Å². The number of hydrogen-bond acceptors (Lipinski definition) is 7. The molecule has 8 heteroatoms. The van der Waals surface area contributed by atoms with Crippen LogP contribution in [0.4, 0.5) is 5.69 Å². The molecule has 0 radical (unpaired) electrons. The first-order valence-corrected chi connectivity index (χ1v) is 11.0. The first-order chi connectivity index (χ1) is 14.8. The van der Waals surface area contributed by atoms with E-state index in [1.165, 1.54) is 19.2 Å². The van der Waals surface area contributed by atoms with Crippen molar-refractivity contribution in [2.75, 3.05) is 18.5 Å². The number of ether oxygens (including phenoxy) is 1. The van der Waals surface area contributed by atoms with E-state index in [2.05, 4.69) is 27.8 Å². The summed E-state index contributed by atoms with van der Waals surface area (Å²) in [6.45, 7) is 8.79. The number of β-amino-alcohol motifs (C(OH)–C–C–N with tert-alkyl or cyclic N) is 1. The fourth-order valence-corrected chi connectivity index (χ4v) is 2.97. The molecule has 0 aliphatic rings. The molecule has 2 rings (SSSR count). The van der Waals surface area contributed by atoms with E-state index in [0.29, 0.717) is 30.0 Å². The fourth-order valence-electron chi connectivity index (χ4n) is 2.97. The summed E-state index contributed by atoms with van der Waals surface area (Å²) in [6.07, 6.45) is 6.54. The Morgan fingerprint density at radius 1 is 1.23 bits per heavy atom. The van der Waals surface area contributed by atoms with Gasteiger partial charge in [-0.1, -0.05) is 32.6 Å². The standard InChI is InChI=1S/C23H36N4O4/c1-5-6-7-8-9-10-21(29)26-17-11-12-20(19(13-17)22-27-25-16-31-22)30-15-18(28)14-24-23(2,3)4/h11-13,16,18,24,28H,5-10,14-15H2,1-4H3,(H,26,29). The van der Waals surface area contributed by atoms with Gasteiger partial charge in [0.2, 0.25) is 12.3 Å². The summed E-state index contributed by atoms with van der Waals surface area (Å²) in [7, 11) is 0. The van der Waals surface area contributed by atoms with E-state index < -0.39 is 6.10 Å². The SMILES string of the molecule is CCCCCCCC(=O)Nc1ccc(OCC(O)CNC(C)(C)C)c(-c2nnco2)c1. The smallest absolute Gasteiger partial charge is 0.251 e. The van der Waals surface area contributed by atoms with Crippen LogP contribution in [-0.4, -0.2) is 46.0 Å². The van der Waals surface area contributed by atoms with Crippen molar-refractivity contribution in [1.29, 1.82) is 0 Å². The molecule has 1 atom stereocenters. The molecule has 31 heavy (non-hydrogen) atoms. The molecule has 0 aliphatic carbocycles. The van der Waals surface area contributed by atoms with Crippen molar-refractivity contribution in [2.45, 2.75) is 77.9 Å². The second-order valence-corrected chi connectivity index (χ2v) is 8.76. The van der Waals surface area contributed by atoms with Gasteiger partial charge < -0.3 is 24.9 Å². The Bertz CT molecular complexity index is 787. The summed E-state index contributed by atoms with van der Waals surface area (Å²) < 4.78 is 11.2. The molecule has 1 aromatic heterocycles. The predicted molar refractivity (Wildman–Crippen MR) is 121 cm³/mol. The lowest BCUT2D eigenvalue weighted by molar-refractivity contribution is -0.116. The van der Waals surface area contributed by atoms with Crippen molar-refractivity contribution < 1.29 is 19.1 Å². The minimum atomic E-state index is -0.679. The zero-order valence-electron chi connectivity index (χ0n) is 19.1. The average Bonchev–Trinajstić information content (AvgIpc) is 3.25. The van der Waals surface area contributed by atoms with Gasteiger partial charge in [0.1, 0.15) is 18.5 Å². The molecule has 1 aromatic carbocycles. The van der Waals surface area contributed by atoms with Gasteiger partial charge in [0.15, 0.2) is 0 Å². The molecule has 0 saturated heterocycles. The zero-order valence-corrected chi connectivity index (χ0v) is 19.1. The van der Waals surface area contributed by atoms with Gasteiger partial charge in [-0.25, -0.2) is 0 Å². The van der Waals surface area contributed by atoms with Gasteiger partial charge in [-0.05, 0) is 45.4 Å². The molecular weight excluding hydrogens is 396 g/mol. The molecule has 1 unspecified atom stereocenters. The molecule has 1 amide bonds. The number of benzene rings is 1. The highest BCUT2D eigenvalue weighted by atomic mass is 16.5. The average molecular weight is 433 g/mol. The third-order valence-electron chi connectivity index (χ3n) is 4.66. The van der Waals surface area contributed by atoms with Gasteiger partial charge in [-0.15, -0.1) is 10.2 Å². The number of anilines is 1. The first-order valence-electron chi connectivity index (χ1n) is 11.0. The van der Waals surface area contributed by atoms with Crippen LogP contribution in [0.2, 0.25) is 0 Å². The van der Waals surface area contributed by atoms with Crippen molar-refractivity contribution >= 4 is 11.6 Å². The van der Waals surface area contributed by atoms with E-state index in [-0.39, 0.29) is 23.9 Å². The van der Waals surface area contributed by atoms with Crippen molar-refractivity contribution in [3.63, 3.8) is 0 Å². The number of hydrogen-bond donors (Lipinski definition) is 3. The number of unbranched alkanes of at least 4 members (excludes halogenated alkanes) is 4. The Labute approximate surface area is 184 Å². The summed E-state index contributed by atoms with van der Waals surface area (Å²) in [4.78, 5) is 12.3. The second-order valence-electron chi connectivity index (χ2n) is 8.76. The Balaban J connectivity index is 1.98. The van der Waals surface area contributed by atoms with Gasteiger partial charge in [-0.2, -0.15) is 0 Å². The number of carbonyl (C=O) groups excluding carboxylic acids is 1. The quantitative estimate of drug-likeness (QED) is 0.408. The number of rotatable bonds is 13. The van der Waals surface area contributed by atoms with Crippen molar-refractivity contribution in [1.82, 2.24) is 15.5 Å². The van der Waals surface area contributed by atoms with Gasteiger partial charge >= 0.3 is 0 Å². The number of aliphatic hydroxyl groups excluding tert-OH is 1. The Morgan fingerprint density at radius 2 is 2.00 bits per heavy atom. The largest absolute Gasteiger partial charge is 0.490 e. The van der Waals surface area contributed by atoms with E-state index in [0.717, 1.165) is 19.3 Å². The predicted octanol–water partition coefficient (Wildman–Crippen LogP) is 4.16. The highest BCUT2D eigenvalue weighted by Crippen LogP contribution is 2.31. The van der Waals surface area contributed by atoms with E-state index in [9.17, 15) is 9.90 Å². The zero-order chi connectivity index (χ0) is 22.7. The molecule has 3 N–H and O–H groups in total. The third-order valence-corrected chi connectivity index (χ3v) is 4.66. The normalized spacial score (nSPS) is 12.5. The molecule has 0 saturated carbocycles. The molecular formula is C23H36N4O4. The van der Waals surface area contributed by atoms with E-state index in [1.54, 1.807) is 18.2 Å². The van der Waals surface area contributed by atoms with Crippen LogP contribution in [-0.2, 0) is 4.79 Å². The highest BCUT2D eigenvalue weighted by Gasteiger charge is 2.17. The van der Waals surface area contributed by atoms with Gasteiger partial charge in [0.05, 0.1) is 5.56 Å². The van der Waals surface area contributed by atoms with E-state index in [1.807, 2.05) is 20.8 Å². The van der Waals surface area contributed by atoms with Crippen LogP contribution in [0.25, 0.3) is 11.5 Å². The maximum absolute atomic E-state index is 12.3. The highest BCUT2D eigenvalue weighted by molar-refractivity contribution is 5.91. The molecule has 0 aliphatic heterocycles. The van der Waals surface area contributed by atoms with Crippen molar-refractivity contribution in [3.05, 3.63) is 24.6 Å². The van der Waals surface area contributed by atoms with Crippen LogP contribution < -0.4 is 15.4 Å². The summed E-state index contributed by atoms with van der Waals surface area (Å²) in [6, 6.07) is 5.25. The van der Waals surface area contributed by atoms with Crippen LogP contribution in [0, 0.1) is 0 Å². The molecule has 8 nitrogen and oxygen atoms in total. The molecule has 0 bridgehead atoms. The summed E-state index contributed by atoms with van der Waals surface area (Å²) in [5.74, 6) is 0.759. The Morgan fingerprint density at radius 3 is 2.68 bits per heavy atom. The Kier molecular flexibility index (Phi) is 9.94. The number of aromatic nitrogens is 2. The van der Waals surface area contributed by atoms with E-state index >= 15 is 0 Å². The van der Waals surface area contributed by atoms with Crippen LogP contribution >= 0.6 is 0 Å². The van der Waals surface area contributed by atoms with Crippen molar-refractivity contribution in [2.24, 2.45) is 0 Å². The maximum Gasteiger partial charge on any atom is 0.251 e. The van der Waals surface area contributed by atoms with Crippen LogP contribution in [0.3, 0.4) is 0 Å². The van der Waals surface area contributed by atoms with E-state index in [4.69, 9.17) is 9.15 Å². The van der Waals surface area contributed by atoms with Crippen LogP contribution in [0.15, 0.2) is 29.0 Å². The van der Waals surface area contributed by atoms with Crippen LogP contribution in [0.5, 0.6) is 5.75 Å². The number of carbonyl (C=O) groups is 1. The summed E-state index contributed by atoms with van der Waals surface area (Å²) >= 11 is 0. The van der Waals surface area contributed by atoms with Gasteiger partial charge in [0, 0.05) is 24.2 Å². The van der Waals surface area contributed by atoms with Crippen molar-refractivity contribution in [3.8, 4) is 17.2 Å². The number of nitrogens with one attached hydrogen (secondary N) is 2. The maximum atomic E-state index is 12.3. The minimum absolute atomic E-state index is 0.0228. The lowest BCUT2D eigenvalue weighted by atomic mass is 10.1. The summed E-state index contributed by atoms with van der Waals surface area (Å²) in [5, 5.41) is 24.1. The minimum Gasteiger partial charge on any atom is -0.490 e. The molecule has 2 aromatic rings. The first kappa shape index (κ1) is 24.8. The molecule has 0 spiro atoms. The number of nitrogens with zero attached hydrogens (tertiary/aromatic N) is 2. The lowest BCUT2D eigenvalue weighted by Crippen LogP contribution is -2.42. The third kappa shape index (κ3) is 9.48.